The fourth-order valence-electron chi connectivity index (χ4n) is 2.24. The summed E-state index contributed by atoms with van der Waals surface area (Å²) >= 11 is 0. The van der Waals surface area contributed by atoms with Crippen LogP contribution in [-0.4, -0.2) is 11.9 Å². The molecule has 0 amide bonds. The predicted molar refractivity (Wildman–Crippen MR) is 79.9 cm³/mol. The lowest BCUT2D eigenvalue weighted by Gasteiger charge is -2.24. The molecule has 98 valence electrons. The molecule has 19 heavy (non-hydrogen) atoms. The van der Waals surface area contributed by atoms with Gasteiger partial charge in [-0.3, -0.25) is 0 Å². The van der Waals surface area contributed by atoms with Gasteiger partial charge >= 0.3 is 0 Å². The summed E-state index contributed by atoms with van der Waals surface area (Å²) in [7, 11) is -2.76. The van der Waals surface area contributed by atoms with E-state index in [1.807, 2.05) is 67.6 Å². The molecule has 0 aliphatic heterocycles. The molecular formula is C16H17O2P. The number of rotatable bonds is 5. The number of carbonyl (C=O) groups is 1. The summed E-state index contributed by atoms with van der Waals surface area (Å²) < 4.78 is 13.5. The van der Waals surface area contributed by atoms with Crippen LogP contribution in [0.2, 0.25) is 0 Å². The number of hydrogen-bond acceptors (Lipinski definition) is 2. The van der Waals surface area contributed by atoms with Crippen molar-refractivity contribution in [3.63, 3.8) is 0 Å². The molecule has 0 aliphatic rings. The monoisotopic (exact) mass is 272 g/mol. The quantitative estimate of drug-likeness (QED) is 0.619. The van der Waals surface area contributed by atoms with Crippen molar-refractivity contribution in [1.82, 2.24) is 0 Å². The number of aldehydes is 1. The summed E-state index contributed by atoms with van der Waals surface area (Å²) in [5.41, 5.74) is -0.185. The largest absolute Gasteiger partial charge is 0.313 e. The third-order valence-electron chi connectivity index (χ3n) is 3.34. The molecule has 0 aromatic heterocycles. The molecule has 0 N–H and O–H groups in total. The smallest absolute Gasteiger partial charge is 0.146 e. The van der Waals surface area contributed by atoms with Crippen molar-refractivity contribution in [3.05, 3.63) is 60.7 Å². The van der Waals surface area contributed by atoms with Gasteiger partial charge in [0.25, 0.3) is 0 Å². The first-order valence-electron chi connectivity index (χ1n) is 6.34. The average molecular weight is 272 g/mol. The van der Waals surface area contributed by atoms with Gasteiger partial charge in [0.15, 0.2) is 0 Å². The fourth-order valence-corrected chi connectivity index (χ4v) is 5.17. The normalized spacial score (nSPS) is 12.9. The molecule has 2 aromatic carbocycles. The van der Waals surface area contributed by atoms with Crippen molar-refractivity contribution in [1.29, 1.82) is 0 Å². The Bertz CT molecular complexity index is 535. The van der Waals surface area contributed by atoms with Crippen LogP contribution in [0.3, 0.4) is 0 Å². The van der Waals surface area contributed by atoms with Crippen molar-refractivity contribution < 1.29 is 9.36 Å². The van der Waals surface area contributed by atoms with Gasteiger partial charge in [0.1, 0.15) is 13.4 Å². The summed E-state index contributed by atoms with van der Waals surface area (Å²) in [4.78, 5) is 10.8. The minimum absolute atomic E-state index is 0.185. The van der Waals surface area contributed by atoms with E-state index < -0.39 is 7.14 Å². The summed E-state index contributed by atoms with van der Waals surface area (Å²) in [5, 5.41) is 1.63. The zero-order valence-corrected chi connectivity index (χ0v) is 11.8. The zero-order chi connectivity index (χ0) is 13.7. The summed E-state index contributed by atoms with van der Waals surface area (Å²) in [6, 6.07) is 18.9. The van der Waals surface area contributed by atoms with Crippen LogP contribution < -0.4 is 10.6 Å². The van der Waals surface area contributed by atoms with Crippen LogP contribution in [0, 0.1) is 0 Å². The Balaban J connectivity index is 2.57. The van der Waals surface area contributed by atoms with Crippen LogP contribution in [0.1, 0.15) is 13.3 Å². The molecule has 0 fully saturated rings. The van der Waals surface area contributed by atoms with E-state index in [2.05, 4.69) is 0 Å². The average Bonchev–Trinajstić information content (AvgIpc) is 2.48. The molecule has 0 saturated carbocycles. The Morgan fingerprint density at radius 3 is 1.74 bits per heavy atom. The van der Waals surface area contributed by atoms with E-state index in [0.717, 1.165) is 16.9 Å². The minimum Gasteiger partial charge on any atom is -0.313 e. The first-order valence-corrected chi connectivity index (χ1v) is 8.11. The molecule has 0 saturated heterocycles. The highest BCUT2D eigenvalue weighted by molar-refractivity contribution is 7.79. The van der Waals surface area contributed by atoms with Gasteiger partial charge in [0, 0.05) is 22.7 Å². The van der Waals surface area contributed by atoms with E-state index >= 15 is 0 Å². The number of benzene rings is 2. The highest BCUT2D eigenvalue weighted by Gasteiger charge is 2.33. The molecule has 0 aliphatic carbocycles. The highest BCUT2D eigenvalue weighted by Crippen LogP contribution is 2.49. The molecule has 2 nitrogen and oxygen atoms in total. The molecule has 1 atom stereocenters. The Morgan fingerprint density at radius 2 is 1.37 bits per heavy atom. The molecule has 2 rings (SSSR count). The van der Waals surface area contributed by atoms with Gasteiger partial charge in [0.05, 0.1) is 0 Å². The lowest BCUT2D eigenvalue weighted by molar-refractivity contribution is -0.107. The first-order chi connectivity index (χ1) is 9.19. The summed E-state index contributed by atoms with van der Waals surface area (Å²) in [6.45, 7) is 1.88. The zero-order valence-electron chi connectivity index (χ0n) is 10.9. The second-order valence-corrected chi connectivity index (χ2v) is 7.81. The van der Waals surface area contributed by atoms with Crippen molar-refractivity contribution in [2.45, 2.75) is 19.0 Å². The molecular weight excluding hydrogens is 255 g/mol. The molecule has 0 spiro atoms. The molecule has 2 aromatic rings. The lowest BCUT2D eigenvalue weighted by Crippen LogP contribution is -2.24. The van der Waals surface area contributed by atoms with Gasteiger partial charge in [-0.2, -0.15) is 0 Å². The predicted octanol–water partition coefficient (Wildman–Crippen LogP) is 2.98. The van der Waals surface area contributed by atoms with E-state index in [0.29, 0.717) is 6.42 Å². The Labute approximate surface area is 113 Å². The lowest BCUT2D eigenvalue weighted by atomic mass is 10.3. The summed E-state index contributed by atoms with van der Waals surface area (Å²) in [5.74, 6) is 0. The second kappa shape index (κ2) is 5.99. The second-order valence-electron chi connectivity index (χ2n) is 4.58. The highest BCUT2D eigenvalue weighted by atomic mass is 31.2. The van der Waals surface area contributed by atoms with Crippen LogP contribution in [0.15, 0.2) is 60.7 Å². The molecule has 0 radical (unpaired) electrons. The minimum atomic E-state index is -2.76. The topological polar surface area (TPSA) is 34.1 Å². The Morgan fingerprint density at radius 1 is 0.947 bits per heavy atom. The van der Waals surface area contributed by atoms with Crippen LogP contribution in [-0.2, 0) is 9.36 Å². The number of hydrogen-bond donors (Lipinski definition) is 0. The maximum atomic E-state index is 13.5. The molecule has 0 bridgehead atoms. The number of carbonyl (C=O) groups excluding carboxylic acids is 1. The molecule has 1 unspecified atom stereocenters. The van der Waals surface area contributed by atoms with Crippen LogP contribution in [0.4, 0.5) is 0 Å². The van der Waals surface area contributed by atoms with Gasteiger partial charge in [-0.25, -0.2) is 0 Å². The fraction of sp³-hybridized carbons (Fsp3) is 0.188. The van der Waals surface area contributed by atoms with E-state index in [1.165, 1.54) is 0 Å². The SMILES string of the molecule is CC(CC=O)P(=O)(c1ccccc1)c1ccccc1. The van der Waals surface area contributed by atoms with Crippen LogP contribution >= 0.6 is 7.14 Å². The van der Waals surface area contributed by atoms with E-state index in [4.69, 9.17) is 0 Å². The van der Waals surface area contributed by atoms with Gasteiger partial charge in [-0.05, 0) is 0 Å². The van der Waals surface area contributed by atoms with Gasteiger partial charge in [-0.1, -0.05) is 67.6 Å². The van der Waals surface area contributed by atoms with E-state index in [-0.39, 0.29) is 5.66 Å². The van der Waals surface area contributed by atoms with Gasteiger partial charge < -0.3 is 9.36 Å². The van der Waals surface area contributed by atoms with Crippen molar-refractivity contribution in [2.24, 2.45) is 0 Å². The van der Waals surface area contributed by atoms with Crippen molar-refractivity contribution in [2.75, 3.05) is 0 Å². The van der Waals surface area contributed by atoms with Crippen LogP contribution in [0.25, 0.3) is 0 Å². The first kappa shape index (κ1) is 13.8. The third kappa shape index (κ3) is 2.69. The summed E-state index contributed by atoms with van der Waals surface area (Å²) in [6.07, 6.45) is 1.16. The van der Waals surface area contributed by atoms with E-state index in [1.54, 1.807) is 0 Å². The molecule has 3 heteroatoms. The Hall–Kier alpha value is -1.66. The maximum absolute atomic E-state index is 13.5. The third-order valence-corrected chi connectivity index (χ3v) is 6.92. The molecule has 0 heterocycles. The van der Waals surface area contributed by atoms with Crippen LogP contribution in [0.5, 0.6) is 0 Å². The van der Waals surface area contributed by atoms with Crippen molar-refractivity contribution >= 4 is 24.0 Å². The maximum Gasteiger partial charge on any atom is 0.146 e. The Kier molecular flexibility index (Phi) is 4.34. The van der Waals surface area contributed by atoms with Gasteiger partial charge in [-0.15, -0.1) is 0 Å². The van der Waals surface area contributed by atoms with E-state index in [9.17, 15) is 9.36 Å². The van der Waals surface area contributed by atoms with Gasteiger partial charge in [0.2, 0.25) is 0 Å². The standard InChI is InChI=1S/C16H17O2P/c1-14(12-13-17)19(18,15-8-4-2-5-9-15)16-10-6-3-7-11-16/h2-11,13-14H,12H2,1H3. The van der Waals surface area contributed by atoms with Crippen molar-refractivity contribution in [3.8, 4) is 0 Å².